The summed E-state index contributed by atoms with van der Waals surface area (Å²) in [6.45, 7) is 4.72. The van der Waals surface area contributed by atoms with E-state index in [1.807, 2.05) is 53.1 Å². The van der Waals surface area contributed by atoms with Crippen molar-refractivity contribution in [3.8, 4) is 11.4 Å². The lowest BCUT2D eigenvalue weighted by atomic mass is 10.0. The van der Waals surface area contributed by atoms with Crippen molar-refractivity contribution in [2.75, 3.05) is 6.61 Å². The van der Waals surface area contributed by atoms with Crippen LogP contribution in [-0.4, -0.2) is 39.1 Å². The van der Waals surface area contributed by atoms with Crippen LogP contribution in [-0.2, 0) is 20.9 Å². The summed E-state index contributed by atoms with van der Waals surface area (Å²) in [6.07, 6.45) is -0.714. The quantitative estimate of drug-likeness (QED) is 0.565. The second-order valence-corrected chi connectivity index (χ2v) is 8.29. The number of hydrogen-bond donors (Lipinski definition) is 0. The smallest absolute Gasteiger partial charge is 0.218 e. The van der Waals surface area contributed by atoms with Crippen molar-refractivity contribution in [1.29, 1.82) is 0 Å². The zero-order valence-corrected chi connectivity index (χ0v) is 18.2. The summed E-state index contributed by atoms with van der Waals surface area (Å²) in [6, 6.07) is 15.5. The number of aryl methyl sites for hydroxylation is 2. The van der Waals surface area contributed by atoms with E-state index in [0.717, 1.165) is 17.0 Å². The Morgan fingerprint density at radius 3 is 2.74 bits per heavy atom. The molecule has 160 valence electrons. The number of ether oxygens (including phenoxy) is 3. The predicted octanol–water partition coefficient (Wildman–Crippen LogP) is 3.85. The zero-order valence-electron chi connectivity index (χ0n) is 17.4. The summed E-state index contributed by atoms with van der Waals surface area (Å²) in [7, 11) is 0. The Bertz CT molecular complexity index is 1190. The van der Waals surface area contributed by atoms with Gasteiger partial charge in [-0.1, -0.05) is 24.3 Å². The second-order valence-electron chi connectivity index (χ2n) is 7.93. The molecule has 0 spiro atoms. The molecule has 3 heterocycles. The van der Waals surface area contributed by atoms with Crippen molar-refractivity contribution in [3.05, 3.63) is 70.3 Å². The van der Waals surface area contributed by atoms with Gasteiger partial charge < -0.3 is 14.2 Å². The number of carbonyl (C=O) groups excluding carboxylic acids is 1. The maximum atomic E-state index is 12.3. The number of nitrogens with zero attached hydrogens (tertiary/aromatic N) is 3. The average molecular weight is 438 g/mol. The Balaban J connectivity index is 1.52. The Labute approximate surface area is 185 Å². The maximum Gasteiger partial charge on any atom is 0.218 e. The molecule has 2 aromatic carbocycles. The fourth-order valence-electron chi connectivity index (χ4n) is 3.99. The first kappa shape index (κ1) is 20.1. The first-order chi connectivity index (χ1) is 15.0. The van der Waals surface area contributed by atoms with Crippen LogP contribution in [0.25, 0.3) is 5.69 Å². The summed E-state index contributed by atoms with van der Waals surface area (Å²) in [5.74, 6) is 1.34. The van der Waals surface area contributed by atoms with Crippen LogP contribution in [0.1, 0.15) is 29.4 Å². The van der Waals surface area contributed by atoms with Crippen molar-refractivity contribution < 1.29 is 19.0 Å². The van der Waals surface area contributed by atoms with E-state index in [1.54, 1.807) is 4.68 Å². The van der Waals surface area contributed by atoms with Gasteiger partial charge in [-0.25, -0.2) is 4.68 Å². The second kappa shape index (κ2) is 8.03. The molecule has 8 heteroatoms. The van der Waals surface area contributed by atoms with Gasteiger partial charge in [-0.3, -0.25) is 9.36 Å². The molecule has 3 aromatic rings. The van der Waals surface area contributed by atoms with Crippen LogP contribution in [0.4, 0.5) is 0 Å². The van der Waals surface area contributed by atoms with Gasteiger partial charge in [-0.2, -0.15) is 5.10 Å². The van der Waals surface area contributed by atoms with Crippen LogP contribution >= 0.6 is 12.2 Å². The van der Waals surface area contributed by atoms with E-state index in [4.69, 9.17) is 31.5 Å². The van der Waals surface area contributed by atoms with Crippen molar-refractivity contribution in [1.82, 2.24) is 14.3 Å². The first-order valence-corrected chi connectivity index (χ1v) is 10.7. The number of aromatic nitrogens is 3. The SMILES string of the molecule is Cc1ccc(OCc2nn([C@@H]3CC(=O)[C@H]4OC[C@@H]3O4)c(=S)n2-c2ccccc2)cc1C. The number of benzene rings is 2. The van der Waals surface area contributed by atoms with E-state index in [0.29, 0.717) is 17.2 Å². The van der Waals surface area contributed by atoms with Gasteiger partial charge in [0.2, 0.25) is 11.1 Å². The molecule has 0 radical (unpaired) electrons. The normalized spacial score (nSPS) is 22.6. The summed E-state index contributed by atoms with van der Waals surface area (Å²) in [4.78, 5) is 12.3. The Kier molecular flexibility index (Phi) is 5.21. The van der Waals surface area contributed by atoms with E-state index >= 15 is 0 Å². The fourth-order valence-corrected chi connectivity index (χ4v) is 4.38. The molecule has 2 saturated heterocycles. The number of hydrogen-bond acceptors (Lipinski definition) is 6. The van der Waals surface area contributed by atoms with Crippen LogP contribution in [0, 0.1) is 18.6 Å². The highest BCUT2D eigenvalue weighted by Crippen LogP contribution is 2.33. The molecule has 2 bridgehead atoms. The van der Waals surface area contributed by atoms with Gasteiger partial charge >= 0.3 is 0 Å². The maximum absolute atomic E-state index is 12.3. The molecule has 7 nitrogen and oxygen atoms in total. The zero-order chi connectivity index (χ0) is 21.5. The van der Waals surface area contributed by atoms with Crippen LogP contribution in [0.2, 0.25) is 0 Å². The van der Waals surface area contributed by atoms with Gasteiger partial charge in [0.25, 0.3) is 0 Å². The number of para-hydroxylation sites is 1. The molecule has 0 amide bonds. The molecule has 2 aliphatic rings. The average Bonchev–Trinajstić information content (AvgIpc) is 3.35. The summed E-state index contributed by atoms with van der Waals surface area (Å²) in [5.41, 5.74) is 3.26. The molecule has 2 aliphatic heterocycles. The fraction of sp³-hybridized carbons (Fsp3) is 0.348. The molecule has 2 fully saturated rings. The van der Waals surface area contributed by atoms with E-state index in [2.05, 4.69) is 13.8 Å². The number of Topliss-reactive ketones (excluding diaryl/α,β-unsaturated/α-hetero) is 1. The predicted molar refractivity (Wildman–Crippen MR) is 116 cm³/mol. The molecule has 0 saturated carbocycles. The standard InChI is InChI=1S/C23H23N3O4S/c1-14-8-9-17(10-15(14)2)28-13-21-24-26(18-11-19(27)22-29-12-20(18)30-22)23(31)25(21)16-6-4-3-5-7-16/h3-10,18,20,22H,11-13H2,1-2H3/t18-,20+,22+/m1/s1. The van der Waals surface area contributed by atoms with Crippen molar-refractivity contribution in [3.63, 3.8) is 0 Å². The third-order valence-electron chi connectivity index (χ3n) is 5.86. The van der Waals surface area contributed by atoms with E-state index in [1.165, 1.54) is 5.56 Å². The molecule has 5 rings (SSSR count). The highest BCUT2D eigenvalue weighted by Gasteiger charge is 2.45. The third-order valence-corrected chi connectivity index (χ3v) is 6.23. The number of carbonyl (C=O) groups is 1. The Morgan fingerprint density at radius 2 is 1.97 bits per heavy atom. The number of rotatable bonds is 5. The van der Waals surface area contributed by atoms with Crippen molar-refractivity contribution in [2.24, 2.45) is 0 Å². The number of ketones is 1. The minimum absolute atomic E-state index is 0.0807. The minimum Gasteiger partial charge on any atom is -0.486 e. The Morgan fingerprint density at radius 1 is 1.16 bits per heavy atom. The third kappa shape index (κ3) is 3.71. The number of fused-ring (bicyclic) bond motifs is 2. The molecule has 0 N–H and O–H groups in total. The van der Waals surface area contributed by atoms with E-state index < -0.39 is 6.29 Å². The van der Waals surface area contributed by atoms with Gasteiger partial charge in [0, 0.05) is 12.1 Å². The van der Waals surface area contributed by atoms with Gasteiger partial charge in [-0.15, -0.1) is 0 Å². The van der Waals surface area contributed by atoms with Crippen LogP contribution < -0.4 is 4.74 Å². The monoisotopic (exact) mass is 437 g/mol. The minimum atomic E-state index is -0.751. The lowest BCUT2D eigenvalue weighted by Crippen LogP contribution is -2.37. The van der Waals surface area contributed by atoms with Crippen LogP contribution in [0.15, 0.2) is 48.5 Å². The van der Waals surface area contributed by atoms with Gasteiger partial charge in [0.1, 0.15) is 18.5 Å². The topological polar surface area (TPSA) is 67.5 Å². The lowest BCUT2D eigenvalue weighted by molar-refractivity contribution is -0.156. The Hall–Kier alpha value is -2.81. The van der Waals surface area contributed by atoms with Crippen molar-refractivity contribution >= 4 is 18.0 Å². The highest BCUT2D eigenvalue weighted by molar-refractivity contribution is 7.71. The first-order valence-electron chi connectivity index (χ1n) is 10.3. The molecular weight excluding hydrogens is 414 g/mol. The van der Waals surface area contributed by atoms with Crippen molar-refractivity contribution in [2.45, 2.75) is 45.3 Å². The van der Waals surface area contributed by atoms with Gasteiger partial charge in [0.15, 0.2) is 11.6 Å². The molecule has 3 atom stereocenters. The largest absolute Gasteiger partial charge is 0.486 e. The highest BCUT2D eigenvalue weighted by atomic mass is 32.1. The molecule has 1 aromatic heterocycles. The van der Waals surface area contributed by atoms with E-state index in [9.17, 15) is 4.79 Å². The summed E-state index contributed by atoms with van der Waals surface area (Å²) >= 11 is 5.80. The van der Waals surface area contributed by atoms with Crippen LogP contribution in [0.3, 0.4) is 0 Å². The lowest BCUT2D eigenvalue weighted by Gasteiger charge is -2.26. The van der Waals surface area contributed by atoms with E-state index in [-0.39, 0.29) is 31.0 Å². The van der Waals surface area contributed by atoms with Gasteiger partial charge in [0.05, 0.1) is 12.6 Å². The van der Waals surface area contributed by atoms with Gasteiger partial charge in [-0.05, 0) is 61.5 Å². The molecular formula is C23H23N3O4S. The van der Waals surface area contributed by atoms with Crippen LogP contribution in [0.5, 0.6) is 5.75 Å². The summed E-state index contributed by atoms with van der Waals surface area (Å²) in [5, 5.41) is 4.78. The molecule has 0 aliphatic carbocycles. The summed E-state index contributed by atoms with van der Waals surface area (Å²) < 4.78 is 21.3. The molecule has 31 heavy (non-hydrogen) atoms. The molecule has 0 unspecified atom stereocenters.